The first-order valence-electron chi connectivity index (χ1n) is 7.60. The number of benzene rings is 1. The lowest BCUT2D eigenvalue weighted by Crippen LogP contribution is -2.41. The molecule has 1 saturated heterocycles. The fourth-order valence-electron chi connectivity index (χ4n) is 3.59. The van der Waals surface area contributed by atoms with E-state index < -0.39 is 0 Å². The summed E-state index contributed by atoms with van der Waals surface area (Å²) in [6.07, 6.45) is 5.82. The van der Waals surface area contributed by atoms with Crippen molar-refractivity contribution >= 4 is 11.8 Å². The van der Waals surface area contributed by atoms with Gasteiger partial charge in [-0.3, -0.25) is 14.5 Å². The highest BCUT2D eigenvalue weighted by atomic mass is 16.2. The molecule has 2 amide bonds. The Hall–Kier alpha value is -1.64. The Labute approximate surface area is 120 Å². The molecule has 1 atom stereocenters. The number of carbonyl (C=O) groups excluding carboxylic acids is 2. The van der Waals surface area contributed by atoms with E-state index >= 15 is 0 Å². The first kappa shape index (κ1) is 13.3. The Morgan fingerprint density at radius 1 is 1.05 bits per heavy atom. The molecule has 0 bridgehead atoms. The third kappa shape index (κ3) is 2.26. The molecule has 0 N–H and O–H groups in total. The van der Waals surface area contributed by atoms with Crippen LogP contribution in [0.4, 0.5) is 0 Å². The van der Waals surface area contributed by atoms with E-state index in [1.807, 2.05) is 31.2 Å². The summed E-state index contributed by atoms with van der Waals surface area (Å²) in [6.45, 7) is 2.01. The fraction of sp³-hybridized carbons (Fsp3) is 0.529. The van der Waals surface area contributed by atoms with Gasteiger partial charge in [0.25, 0.3) is 0 Å². The molecule has 0 radical (unpaired) electrons. The molecule has 3 nitrogen and oxygen atoms in total. The summed E-state index contributed by atoms with van der Waals surface area (Å²) in [5.74, 6) is -0.211. The third-order valence-corrected chi connectivity index (χ3v) is 4.69. The molecular weight excluding hydrogens is 250 g/mol. The van der Waals surface area contributed by atoms with Gasteiger partial charge in [-0.2, -0.15) is 0 Å². The predicted molar refractivity (Wildman–Crippen MR) is 77.3 cm³/mol. The highest BCUT2D eigenvalue weighted by Gasteiger charge is 2.43. The molecule has 1 aromatic carbocycles. The van der Waals surface area contributed by atoms with E-state index in [0.29, 0.717) is 6.42 Å². The van der Waals surface area contributed by atoms with Gasteiger partial charge < -0.3 is 0 Å². The first-order chi connectivity index (χ1) is 9.68. The molecule has 3 heteroatoms. The predicted octanol–water partition coefficient (Wildman–Crippen LogP) is 3.17. The van der Waals surface area contributed by atoms with Crippen LogP contribution in [0.2, 0.25) is 0 Å². The van der Waals surface area contributed by atoms with E-state index in [-0.39, 0.29) is 23.8 Å². The summed E-state index contributed by atoms with van der Waals surface area (Å²) in [7, 11) is 0. The van der Waals surface area contributed by atoms with Gasteiger partial charge in [0.05, 0.1) is 5.92 Å². The van der Waals surface area contributed by atoms with Gasteiger partial charge in [0.1, 0.15) is 0 Å². The molecule has 20 heavy (non-hydrogen) atoms. The van der Waals surface area contributed by atoms with Crippen LogP contribution in [0.3, 0.4) is 0 Å². The van der Waals surface area contributed by atoms with E-state index in [4.69, 9.17) is 0 Å². The number of rotatable bonds is 2. The zero-order valence-corrected chi connectivity index (χ0v) is 12.0. The van der Waals surface area contributed by atoms with Crippen LogP contribution in [-0.2, 0) is 9.59 Å². The average molecular weight is 271 g/mol. The van der Waals surface area contributed by atoms with Gasteiger partial charge in [-0.1, -0.05) is 43.5 Å². The van der Waals surface area contributed by atoms with Gasteiger partial charge in [-0.25, -0.2) is 0 Å². The number of amides is 2. The standard InChI is InChI=1S/C17H21NO2/c1-12-7-5-6-10-14(12)15-11-16(19)18(17(15)20)13-8-3-2-4-9-13/h5-7,10,13,15H,2-4,8-9,11H2,1H3/t15-/m0/s1. The molecule has 2 aliphatic rings. The van der Waals surface area contributed by atoms with Gasteiger partial charge in [0.2, 0.25) is 11.8 Å². The Morgan fingerprint density at radius 2 is 1.75 bits per heavy atom. The second-order valence-corrected chi connectivity index (χ2v) is 6.01. The van der Waals surface area contributed by atoms with E-state index in [1.165, 1.54) is 6.42 Å². The topological polar surface area (TPSA) is 37.4 Å². The lowest BCUT2D eigenvalue weighted by Gasteiger charge is -2.29. The largest absolute Gasteiger partial charge is 0.279 e. The second-order valence-electron chi connectivity index (χ2n) is 6.01. The second kappa shape index (κ2) is 5.39. The summed E-state index contributed by atoms with van der Waals surface area (Å²) in [6, 6.07) is 8.06. The number of nitrogens with zero attached hydrogens (tertiary/aromatic N) is 1. The minimum Gasteiger partial charge on any atom is -0.279 e. The summed E-state index contributed by atoms with van der Waals surface area (Å²) >= 11 is 0. The summed E-state index contributed by atoms with van der Waals surface area (Å²) in [5.41, 5.74) is 2.12. The van der Waals surface area contributed by atoms with Crippen molar-refractivity contribution in [3.8, 4) is 0 Å². The smallest absolute Gasteiger partial charge is 0.237 e. The molecule has 1 aromatic rings. The monoisotopic (exact) mass is 271 g/mol. The third-order valence-electron chi connectivity index (χ3n) is 4.69. The Morgan fingerprint density at radius 3 is 2.45 bits per heavy atom. The van der Waals surface area contributed by atoms with Crippen LogP contribution in [0.25, 0.3) is 0 Å². The van der Waals surface area contributed by atoms with E-state index in [0.717, 1.165) is 36.8 Å². The number of hydrogen-bond acceptors (Lipinski definition) is 2. The molecule has 1 saturated carbocycles. The fourth-order valence-corrected chi connectivity index (χ4v) is 3.59. The van der Waals surface area contributed by atoms with Crippen LogP contribution in [0, 0.1) is 6.92 Å². The molecule has 106 valence electrons. The van der Waals surface area contributed by atoms with Crippen molar-refractivity contribution in [3.05, 3.63) is 35.4 Å². The van der Waals surface area contributed by atoms with Crippen LogP contribution in [-0.4, -0.2) is 22.8 Å². The zero-order chi connectivity index (χ0) is 14.1. The molecule has 0 unspecified atom stereocenters. The number of imide groups is 1. The molecule has 1 aliphatic carbocycles. The van der Waals surface area contributed by atoms with Crippen molar-refractivity contribution in [2.24, 2.45) is 0 Å². The number of hydrogen-bond donors (Lipinski definition) is 0. The molecule has 0 spiro atoms. The van der Waals surface area contributed by atoms with Gasteiger partial charge in [-0.15, -0.1) is 0 Å². The lowest BCUT2D eigenvalue weighted by molar-refractivity contribution is -0.142. The van der Waals surface area contributed by atoms with Crippen molar-refractivity contribution in [1.82, 2.24) is 4.90 Å². The molecule has 0 aromatic heterocycles. The molecule has 1 aliphatic heterocycles. The van der Waals surface area contributed by atoms with Gasteiger partial charge in [-0.05, 0) is 30.9 Å². The van der Waals surface area contributed by atoms with Gasteiger partial charge in [0.15, 0.2) is 0 Å². The van der Waals surface area contributed by atoms with E-state index in [9.17, 15) is 9.59 Å². The lowest BCUT2D eigenvalue weighted by atomic mass is 9.92. The number of carbonyl (C=O) groups is 2. The number of likely N-dealkylation sites (tertiary alicyclic amines) is 1. The minimum atomic E-state index is -0.259. The van der Waals surface area contributed by atoms with Crippen LogP contribution in [0.1, 0.15) is 55.6 Å². The van der Waals surface area contributed by atoms with Crippen LogP contribution < -0.4 is 0 Å². The van der Waals surface area contributed by atoms with E-state index in [2.05, 4.69) is 0 Å². The zero-order valence-electron chi connectivity index (χ0n) is 12.0. The summed E-state index contributed by atoms with van der Waals surface area (Å²) in [4.78, 5) is 26.5. The Bertz CT molecular complexity index is 532. The van der Waals surface area contributed by atoms with Crippen molar-refractivity contribution in [2.45, 2.75) is 57.4 Å². The van der Waals surface area contributed by atoms with Crippen molar-refractivity contribution in [1.29, 1.82) is 0 Å². The number of aryl methyl sites for hydroxylation is 1. The van der Waals surface area contributed by atoms with Gasteiger partial charge >= 0.3 is 0 Å². The summed E-state index contributed by atoms with van der Waals surface area (Å²) in [5, 5.41) is 0. The first-order valence-corrected chi connectivity index (χ1v) is 7.60. The van der Waals surface area contributed by atoms with Crippen molar-refractivity contribution < 1.29 is 9.59 Å². The Kier molecular flexibility index (Phi) is 3.60. The molecular formula is C17H21NO2. The average Bonchev–Trinajstić information content (AvgIpc) is 2.75. The van der Waals surface area contributed by atoms with Crippen molar-refractivity contribution in [2.75, 3.05) is 0 Å². The highest BCUT2D eigenvalue weighted by Crippen LogP contribution is 2.35. The summed E-state index contributed by atoms with van der Waals surface area (Å²) < 4.78 is 0. The highest BCUT2D eigenvalue weighted by molar-refractivity contribution is 6.06. The van der Waals surface area contributed by atoms with Crippen molar-refractivity contribution in [3.63, 3.8) is 0 Å². The van der Waals surface area contributed by atoms with Crippen LogP contribution >= 0.6 is 0 Å². The quantitative estimate of drug-likeness (QED) is 0.775. The molecule has 1 heterocycles. The molecule has 2 fully saturated rings. The SMILES string of the molecule is Cc1ccccc1[C@@H]1CC(=O)N(C2CCCCC2)C1=O. The van der Waals surface area contributed by atoms with Gasteiger partial charge in [0, 0.05) is 12.5 Å². The van der Waals surface area contributed by atoms with Crippen LogP contribution in [0.15, 0.2) is 24.3 Å². The van der Waals surface area contributed by atoms with E-state index in [1.54, 1.807) is 4.90 Å². The Balaban J connectivity index is 1.85. The maximum Gasteiger partial charge on any atom is 0.237 e. The maximum absolute atomic E-state index is 12.7. The maximum atomic E-state index is 12.7. The normalized spacial score (nSPS) is 24.4. The minimum absolute atomic E-state index is 0.0233. The molecule has 3 rings (SSSR count). The van der Waals surface area contributed by atoms with Crippen LogP contribution in [0.5, 0.6) is 0 Å².